The van der Waals surface area contributed by atoms with Crippen molar-refractivity contribution in [1.29, 1.82) is 0 Å². The van der Waals surface area contributed by atoms with Crippen LogP contribution in [0.15, 0.2) is 18.2 Å². The standard InChI is InChI=1S/C23H34N2O/c1-15-7-5-10-20(16(15)2)21-11-3-4-12-25(21)23(26)19-13-17-8-6-9-18(14-19)22(17)24/h5,7,10,17-19,21-22H,3-4,6,8-9,11-14,24H2,1-2H3. The number of nitrogens with two attached hydrogens (primary N) is 1. The lowest BCUT2D eigenvalue weighted by molar-refractivity contribution is -0.142. The molecule has 0 radical (unpaired) electrons. The molecule has 1 aliphatic heterocycles. The fourth-order valence-electron chi connectivity index (χ4n) is 5.88. The zero-order valence-corrected chi connectivity index (χ0v) is 16.4. The van der Waals surface area contributed by atoms with Crippen LogP contribution in [0.2, 0.25) is 0 Å². The van der Waals surface area contributed by atoms with Crippen LogP contribution in [-0.2, 0) is 4.79 Å². The predicted molar refractivity (Wildman–Crippen MR) is 106 cm³/mol. The van der Waals surface area contributed by atoms with Gasteiger partial charge in [0.2, 0.25) is 5.91 Å². The number of rotatable bonds is 2. The van der Waals surface area contributed by atoms with Gasteiger partial charge in [-0.15, -0.1) is 0 Å². The van der Waals surface area contributed by atoms with Gasteiger partial charge in [-0.3, -0.25) is 4.79 Å². The molecule has 0 spiro atoms. The molecule has 3 heteroatoms. The van der Waals surface area contributed by atoms with Crippen LogP contribution in [-0.4, -0.2) is 23.4 Å². The zero-order valence-electron chi connectivity index (χ0n) is 16.4. The van der Waals surface area contributed by atoms with E-state index in [1.165, 1.54) is 42.4 Å². The van der Waals surface area contributed by atoms with Gasteiger partial charge in [0.25, 0.3) is 0 Å². The smallest absolute Gasteiger partial charge is 0.226 e. The summed E-state index contributed by atoms with van der Waals surface area (Å²) in [5.74, 6) is 1.76. The van der Waals surface area contributed by atoms with E-state index in [1.54, 1.807) is 0 Å². The molecule has 0 aromatic heterocycles. The molecule has 142 valence electrons. The molecule has 2 saturated carbocycles. The van der Waals surface area contributed by atoms with Crippen molar-refractivity contribution >= 4 is 5.91 Å². The van der Waals surface area contributed by atoms with Crippen LogP contribution in [0.25, 0.3) is 0 Å². The second-order valence-electron chi connectivity index (χ2n) is 9.03. The summed E-state index contributed by atoms with van der Waals surface area (Å²) in [5.41, 5.74) is 10.5. The average Bonchev–Trinajstić information content (AvgIpc) is 2.63. The lowest BCUT2D eigenvalue weighted by atomic mass is 9.64. The van der Waals surface area contributed by atoms with Crippen molar-refractivity contribution < 1.29 is 4.79 Å². The van der Waals surface area contributed by atoms with Gasteiger partial charge in [-0.1, -0.05) is 24.6 Å². The Morgan fingerprint density at radius 3 is 2.50 bits per heavy atom. The molecule has 4 rings (SSSR count). The number of carbonyl (C=O) groups excluding carboxylic acids is 1. The Morgan fingerprint density at radius 1 is 1.04 bits per heavy atom. The van der Waals surface area contributed by atoms with Gasteiger partial charge in [0.15, 0.2) is 0 Å². The molecule has 3 atom stereocenters. The average molecular weight is 355 g/mol. The van der Waals surface area contributed by atoms with E-state index >= 15 is 0 Å². The number of aryl methyl sites for hydroxylation is 1. The molecular formula is C23H34N2O. The van der Waals surface area contributed by atoms with E-state index in [-0.39, 0.29) is 12.0 Å². The quantitative estimate of drug-likeness (QED) is 0.849. The number of amides is 1. The molecule has 2 N–H and O–H groups in total. The van der Waals surface area contributed by atoms with Gasteiger partial charge < -0.3 is 10.6 Å². The van der Waals surface area contributed by atoms with Crippen molar-refractivity contribution in [2.24, 2.45) is 23.5 Å². The van der Waals surface area contributed by atoms with Crippen molar-refractivity contribution in [2.75, 3.05) is 6.54 Å². The molecule has 2 bridgehead atoms. The Kier molecular flexibility index (Phi) is 5.09. The van der Waals surface area contributed by atoms with E-state index in [2.05, 4.69) is 36.9 Å². The van der Waals surface area contributed by atoms with Crippen molar-refractivity contribution in [3.8, 4) is 0 Å². The topological polar surface area (TPSA) is 46.3 Å². The molecule has 3 unspecified atom stereocenters. The first-order valence-electron chi connectivity index (χ1n) is 10.7. The summed E-state index contributed by atoms with van der Waals surface area (Å²) in [7, 11) is 0. The van der Waals surface area contributed by atoms with Crippen LogP contribution in [0.4, 0.5) is 0 Å². The van der Waals surface area contributed by atoms with Gasteiger partial charge in [0, 0.05) is 18.5 Å². The van der Waals surface area contributed by atoms with Gasteiger partial charge in [-0.25, -0.2) is 0 Å². The summed E-state index contributed by atoms with van der Waals surface area (Å²) in [6.07, 6.45) is 9.27. The highest BCUT2D eigenvalue weighted by Crippen LogP contribution is 2.44. The predicted octanol–water partition coefficient (Wildman–Crippen LogP) is 4.51. The van der Waals surface area contributed by atoms with E-state index in [1.807, 2.05) is 0 Å². The number of nitrogens with zero attached hydrogens (tertiary/aromatic N) is 1. The van der Waals surface area contributed by atoms with Gasteiger partial charge in [0.05, 0.1) is 6.04 Å². The first-order chi connectivity index (χ1) is 12.6. The van der Waals surface area contributed by atoms with Crippen molar-refractivity contribution in [3.63, 3.8) is 0 Å². The first-order valence-corrected chi connectivity index (χ1v) is 10.7. The van der Waals surface area contributed by atoms with E-state index in [0.29, 0.717) is 23.8 Å². The first kappa shape index (κ1) is 18.0. The molecule has 1 heterocycles. The van der Waals surface area contributed by atoms with Crippen LogP contribution in [0.5, 0.6) is 0 Å². The van der Waals surface area contributed by atoms with Crippen LogP contribution in [0.3, 0.4) is 0 Å². The highest BCUT2D eigenvalue weighted by atomic mass is 16.2. The molecule has 3 fully saturated rings. The Hall–Kier alpha value is -1.35. The van der Waals surface area contributed by atoms with Crippen molar-refractivity contribution in [2.45, 2.75) is 77.3 Å². The highest BCUT2D eigenvalue weighted by molar-refractivity contribution is 5.79. The number of hydrogen-bond donors (Lipinski definition) is 1. The lowest BCUT2D eigenvalue weighted by Gasteiger charge is -2.46. The summed E-state index contributed by atoms with van der Waals surface area (Å²) in [6, 6.07) is 7.18. The Balaban J connectivity index is 1.56. The maximum absolute atomic E-state index is 13.6. The minimum atomic E-state index is 0.204. The zero-order chi connectivity index (χ0) is 18.3. The minimum absolute atomic E-state index is 0.204. The molecule has 1 amide bonds. The number of fused-ring (bicyclic) bond motifs is 2. The molecule has 1 aromatic carbocycles. The summed E-state index contributed by atoms with van der Waals surface area (Å²) < 4.78 is 0. The van der Waals surface area contributed by atoms with Gasteiger partial charge in [0.1, 0.15) is 0 Å². The molecule has 1 aromatic rings. The van der Waals surface area contributed by atoms with Crippen LogP contribution in [0, 0.1) is 31.6 Å². The second-order valence-corrected chi connectivity index (χ2v) is 9.03. The molecule has 1 saturated heterocycles. The third-order valence-corrected chi connectivity index (χ3v) is 7.55. The number of hydrogen-bond acceptors (Lipinski definition) is 2. The summed E-state index contributed by atoms with van der Waals surface area (Å²) >= 11 is 0. The third kappa shape index (κ3) is 3.19. The molecule has 3 aliphatic rings. The summed E-state index contributed by atoms with van der Waals surface area (Å²) in [6.45, 7) is 5.32. The molecular weight excluding hydrogens is 320 g/mol. The molecule has 3 nitrogen and oxygen atoms in total. The monoisotopic (exact) mass is 354 g/mol. The van der Waals surface area contributed by atoms with E-state index in [0.717, 1.165) is 32.2 Å². The van der Waals surface area contributed by atoms with E-state index in [4.69, 9.17) is 5.73 Å². The highest BCUT2D eigenvalue weighted by Gasteiger charge is 2.43. The number of likely N-dealkylation sites (tertiary alicyclic amines) is 1. The Bertz CT molecular complexity index is 656. The molecule has 2 aliphatic carbocycles. The maximum Gasteiger partial charge on any atom is 0.226 e. The lowest BCUT2D eigenvalue weighted by Crippen LogP contribution is -2.50. The number of carbonyl (C=O) groups is 1. The van der Waals surface area contributed by atoms with Crippen molar-refractivity contribution in [1.82, 2.24) is 4.90 Å². The number of benzene rings is 1. The number of piperidine rings is 1. The normalized spacial score (nSPS) is 34.6. The largest absolute Gasteiger partial charge is 0.335 e. The van der Waals surface area contributed by atoms with Crippen LogP contribution >= 0.6 is 0 Å². The Labute approximate surface area is 158 Å². The van der Waals surface area contributed by atoms with Gasteiger partial charge >= 0.3 is 0 Å². The minimum Gasteiger partial charge on any atom is -0.335 e. The van der Waals surface area contributed by atoms with Crippen LogP contribution in [0.1, 0.15) is 74.1 Å². The fourth-order valence-corrected chi connectivity index (χ4v) is 5.88. The SMILES string of the molecule is Cc1cccc(C2CCCCN2C(=O)C2CC3CCCC(C2)C3N)c1C. The van der Waals surface area contributed by atoms with Gasteiger partial charge in [-0.2, -0.15) is 0 Å². The molecule has 26 heavy (non-hydrogen) atoms. The summed E-state index contributed by atoms with van der Waals surface area (Å²) in [4.78, 5) is 15.8. The maximum atomic E-state index is 13.6. The van der Waals surface area contributed by atoms with Crippen molar-refractivity contribution in [3.05, 3.63) is 34.9 Å². The summed E-state index contributed by atoms with van der Waals surface area (Å²) in [5, 5.41) is 0. The van der Waals surface area contributed by atoms with Crippen LogP contribution < -0.4 is 5.73 Å². The van der Waals surface area contributed by atoms with Gasteiger partial charge in [-0.05, 0) is 87.3 Å². The second kappa shape index (κ2) is 7.34. The Morgan fingerprint density at radius 2 is 1.77 bits per heavy atom. The third-order valence-electron chi connectivity index (χ3n) is 7.55. The van der Waals surface area contributed by atoms with E-state index in [9.17, 15) is 4.79 Å². The fraction of sp³-hybridized carbons (Fsp3) is 0.696. The van der Waals surface area contributed by atoms with E-state index < -0.39 is 0 Å².